The smallest absolute Gasteiger partial charge is 0.329 e. The molecule has 0 bridgehead atoms. The summed E-state index contributed by atoms with van der Waals surface area (Å²) in [6.45, 7) is 0.379. The van der Waals surface area contributed by atoms with Gasteiger partial charge >= 0.3 is 6.18 Å². The fourth-order valence-corrected chi connectivity index (χ4v) is 4.45. The molecule has 1 unspecified atom stereocenters. The number of rotatable bonds is 3. The first-order chi connectivity index (χ1) is 9.66. The zero-order chi connectivity index (χ0) is 15.8. The average Bonchev–Trinajstić information content (AvgIpc) is 2.85. The molecule has 0 spiro atoms. The molecular weight excluding hydrogens is 329 g/mol. The van der Waals surface area contributed by atoms with Gasteiger partial charge in [-0.1, -0.05) is 11.6 Å². The molecule has 1 saturated heterocycles. The minimum absolute atomic E-state index is 0.131. The minimum atomic E-state index is -4.66. The molecule has 0 amide bonds. The Morgan fingerprint density at radius 2 is 2.00 bits per heavy atom. The molecule has 0 radical (unpaired) electrons. The zero-order valence-electron chi connectivity index (χ0n) is 10.9. The van der Waals surface area contributed by atoms with Gasteiger partial charge in [0.05, 0.1) is 10.5 Å². The van der Waals surface area contributed by atoms with Crippen LogP contribution in [0.15, 0.2) is 23.1 Å². The van der Waals surface area contributed by atoms with Crippen LogP contribution in [0.2, 0.25) is 5.02 Å². The van der Waals surface area contributed by atoms with Crippen molar-refractivity contribution in [3.63, 3.8) is 0 Å². The van der Waals surface area contributed by atoms with Crippen molar-refractivity contribution in [1.29, 1.82) is 0 Å². The van der Waals surface area contributed by atoms with Gasteiger partial charge in [-0.05, 0) is 31.0 Å². The molecule has 21 heavy (non-hydrogen) atoms. The molecule has 1 atom stereocenters. The van der Waals surface area contributed by atoms with Crippen LogP contribution in [-0.2, 0) is 16.2 Å². The summed E-state index contributed by atoms with van der Waals surface area (Å²) < 4.78 is 64.4. The average molecular weight is 343 g/mol. The molecule has 1 aromatic rings. The van der Waals surface area contributed by atoms with Crippen molar-refractivity contribution in [3.8, 4) is 0 Å². The van der Waals surface area contributed by atoms with Crippen LogP contribution in [0.5, 0.6) is 0 Å². The number of halogens is 4. The Labute approximate surface area is 125 Å². The van der Waals surface area contributed by atoms with E-state index in [9.17, 15) is 21.6 Å². The summed E-state index contributed by atoms with van der Waals surface area (Å²) in [6.07, 6.45) is -3.43. The number of nitrogens with zero attached hydrogens (tertiary/aromatic N) is 1. The van der Waals surface area contributed by atoms with Crippen LogP contribution in [0.4, 0.5) is 13.2 Å². The van der Waals surface area contributed by atoms with Gasteiger partial charge in [-0.25, -0.2) is 8.42 Å². The Bertz CT molecular complexity index is 634. The van der Waals surface area contributed by atoms with E-state index >= 15 is 0 Å². The zero-order valence-corrected chi connectivity index (χ0v) is 12.5. The van der Waals surface area contributed by atoms with E-state index in [1.54, 1.807) is 0 Å². The second kappa shape index (κ2) is 5.75. The van der Waals surface area contributed by atoms with Crippen LogP contribution >= 0.6 is 11.6 Å². The summed E-state index contributed by atoms with van der Waals surface area (Å²) >= 11 is 5.63. The monoisotopic (exact) mass is 342 g/mol. The molecule has 2 rings (SSSR count). The largest absolute Gasteiger partial charge is 0.416 e. The number of hydrogen-bond acceptors (Lipinski definition) is 3. The maximum atomic E-state index is 12.8. The van der Waals surface area contributed by atoms with Gasteiger partial charge in [-0.2, -0.15) is 17.5 Å². The van der Waals surface area contributed by atoms with Crippen molar-refractivity contribution >= 4 is 21.6 Å². The lowest BCUT2D eigenvalue weighted by Gasteiger charge is -2.23. The third-order valence-corrected chi connectivity index (χ3v) is 5.55. The highest BCUT2D eigenvalue weighted by Crippen LogP contribution is 2.34. The highest BCUT2D eigenvalue weighted by Gasteiger charge is 2.37. The van der Waals surface area contributed by atoms with Gasteiger partial charge in [0.2, 0.25) is 10.0 Å². The number of sulfonamides is 1. The van der Waals surface area contributed by atoms with Crippen molar-refractivity contribution in [2.24, 2.45) is 5.73 Å². The Kier molecular flexibility index (Phi) is 4.53. The van der Waals surface area contributed by atoms with Crippen molar-refractivity contribution in [1.82, 2.24) is 4.31 Å². The minimum Gasteiger partial charge on any atom is -0.329 e. The Hall–Kier alpha value is -0.830. The highest BCUT2D eigenvalue weighted by molar-refractivity contribution is 7.89. The molecule has 0 saturated carbocycles. The van der Waals surface area contributed by atoms with Crippen LogP contribution in [0.25, 0.3) is 0 Å². The number of nitrogens with two attached hydrogens (primary N) is 1. The summed E-state index contributed by atoms with van der Waals surface area (Å²) in [6, 6.07) is 1.94. The summed E-state index contributed by atoms with van der Waals surface area (Å²) in [5.74, 6) is 0. The van der Waals surface area contributed by atoms with Gasteiger partial charge < -0.3 is 5.73 Å². The molecule has 1 aliphatic heterocycles. The highest BCUT2D eigenvalue weighted by atomic mass is 35.5. The Balaban J connectivity index is 2.48. The standard InChI is InChI=1S/C12H14ClF3N2O2S/c13-9-4-8(12(14,15)16)5-11(6-9)21(19,20)18-3-1-2-10(18)7-17/h4-6,10H,1-3,7,17H2. The van der Waals surface area contributed by atoms with Crippen LogP contribution in [0, 0.1) is 0 Å². The third-order valence-electron chi connectivity index (χ3n) is 3.40. The summed E-state index contributed by atoms with van der Waals surface area (Å²) in [4.78, 5) is -0.456. The van der Waals surface area contributed by atoms with E-state index in [1.165, 1.54) is 0 Å². The molecule has 9 heteroatoms. The van der Waals surface area contributed by atoms with E-state index in [2.05, 4.69) is 0 Å². The lowest BCUT2D eigenvalue weighted by Crippen LogP contribution is -2.39. The molecule has 1 fully saturated rings. The maximum absolute atomic E-state index is 12.8. The summed E-state index contributed by atoms with van der Waals surface area (Å²) in [5, 5.41) is -0.271. The normalized spacial score (nSPS) is 20.9. The lowest BCUT2D eigenvalue weighted by atomic mass is 10.2. The van der Waals surface area contributed by atoms with E-state index in [-0.39, 0.29) is 24.2 Å². The fraction of sp³-hybridized carbons (Fsp3) is 0.500. The first kappa shape index (κ1) is 16.5. The van der Waals surface area contributed by atoms with Crippen molar-refractivity contribution in [2.75, 3.05) is 13.1 Å². The maximum Gasteiger partial charge on any atom is 0.416 e. The SMILES string of the molecule is NCC1CCCN1S(=O)(=O)c1cc(Cl)cc(C(F)(F)F)c1. The van der Waals surface area contributed by atoms with Crippen LogP contribution in [0.3, 0.4) is 0 Å². The van der Waals surface area contributed by atoms with Gasteiger partial charge in [0.1, 0.15) is 0 Å². The molecule has 1 aromatic carbocycles. The quantitative estimate of drug-likeness (QED) is 0.917. The van der Waals surface area contributed by atoms with Crippen LogP contribution < -0.4 is 5.73 Å². The van der Waals surface area contributed by atoms with Crippen molar-refractivity contribution < 1.29 is 21.6 Å². The van der Waals surface area contributed by atoms with E-state index in [0.29, 0.717) is 25.0 Å². The molecule has 0 aromatic heterocycles. The molecule has 2 N–H and O–H groups in total. The van der Waals surface area contributed by atoms with Gasteiger partial charge in [-0.15, -0.1) is 0 Å². The summed E-state index contributed by atoms with van der Waals surface area (Å²) in [5.41, 5.74) is 4.43. The van der Waals surface area contributed by atoms with Gasteiger partial charge in [0, 0.05) is 24.2 Å². The van der Waals surface area contributed by atoms with Gasteiger partial charge in [-0.3, -0.25) is 0 Å². The van der Waals surface area contributed by atoms with Gasteiger partial charge in [0.15, 0.2) is 0 Å². The Morgan fingerprint density at radius 3 is 2.57 bits per heavy atom. The van der Waals surface area contributed by atoms with Crippen LogP contribution in [0.1, 0.15) is 18.4 Å². The topological polar surface area (TPSA) is 63.4 Å². The van der Waals surface area contributed by atoms with Gasteiger partial charge in [0.25, 0.3) is 0 Å². The third kappa shape index (κ3) is 3.33. The molecule has 1 heterocycles. The molecule has 4 nitrogen and oxygen atoms in total. The van der Waals surface area contributed by atoms with Crippen molar-refractivity contribution in [3.05, 3.63) is 28.8 Å². The second-order valence-corrected chi connectivity index (χ2v) is 7.15. The van der Waals surface area contributed by atoms with E-state index in [0.717, 1.165) is 10.4 Å². The Morgan fingerprint density at radius 1 is 1.33 bits per heavy atom. The molecule has 0 aliphatic carbocycles. The number of hydrogen-bond donors (Lipinski definition) is 1. The van der Waals surface area contributed by atoms with E-state index in [4.69, 9.17) is 17.3 Å². The van der Waals surface area contributed by atoms with Crippen molar-refractivity contribution in [2.45, 2.75) is 30.0 Å². The predicted octanol–water partition coefficient (Wildman–Crippen LogP) is 2.47. The molecule has 1 aliphatic rings. The van der Waals surface area contributed by atoms with E-state index < -0.39 is 26.7 Å². The first-order valence-corrected chi connectivity index (χ1v) is 8.08. The van der Waals surface area contributed by atoms with Crippen LogP contribution in [-0.4, -0.2) is 31.9 Å². The number of benzene rings is 1. The summed E-state index contributed by atoms with van der Waals surface area (Å²) in [7, 11) is -4.04. The lowest BCUT2D eigenvalue weighted by molar-refractivity contribution is -0.137. The molecule has 118 valence electrons. The molecular formula is C12H14ClF3N2O2S. The second-order valence-electron chi connectivity index (χ2n) is 4.82. The predicted molar refractivity (Wildman–Crippen MR) is 72.4 cm³/mol. The number of alkyl halides is 3. The fourth-order valence-electron chi connectivity index (χ4n) is 2.37. The van der Waals surface area contributed by atoms with E-state index in [1.807, 2.05) is 0 Å². The first-order valence-electron chi connectivity index (χ1n) is 6.26.